The molecule has 3 amide bonds. The first kappa shape index (κ1) is 23.1. The Kier molecular flexibility index (Phi) is 6.67. The van der Waals surface area contributed by atoms with Gasteiger partial charge in [0.25, 0.3) is 11.8 Å². The van der Waals surface area contributed by atoms with Gasteiger partial charge < -0.3 is 9.64 Å². The summed E-state index contributed by atoms with van der Waals surface area (Å²) in [6.07, 6.45) is 0.180. The molecule has 1 heterocycles. The number of halogens is 2. The van der Waals surface area contributed by atoms with Gasteiger partial charge >= 0.3 is 0 Å². The number of carbonyl (C=O) groups excluding carboxylic acids is 3. The van der Waals surface area contributed by atoms with E-state index in [1.54, 1.807) is 19.2 Å². The van der Waals surface area contributed by atoms with Crippen molar-refractivity contribution in [1.29, 1.82) is 0 Å². The summed E-state index contributed by atoms with van der Waals surface area (Å²) in [4.78, 5) is 41.6. The second-order valence-corrected chi connectivity index (χ2v) is 7.87. The van der Waals surface area contributed by atoms with E-state index in [9.17, 15) is 23.2 Å². The number of imide groups is 1. The Bertz CT molecular complexity index is 1210. The van der Waals surface area contributed by atoms with E-state index in [4.69, 9.17) is 4.74 Å². The monoisotopic (exact) mass is 464 g/mol. The van der Waals surface area contributed by atoms with Gasteiger partial charge in [0.2, 0.25) is 5.91 Å². The van der Waals surface area contributed by atoms with E-state index >= 15 is 0 Å². The molecular formula is C26H22F2N2O4. The summed E-state index contributed by atoms with van der Waals surface area (Å²) in [7, 11) is 1.56. The van der Waals surface area contributed by atoms with Crippen LogP contribution in [0.25, 0.3) is 0 Å². The number of nitrogens with zero attached hydrogens (tertiary/aromatic N) is 2. The fourth-order valence-electron chi connectivity index (χ4n) is 3.95. The van der Waals surface area contributed by atoms with Crippen LogP contribution in [0.1, 0.15) is 22.3 Å². The number of hydrogen-bond donors (Lipinski definition) is 0. The van der Waals surface area contributed by atoms with Crippen LogP contribution >= 0.6 is 0 Å². The molecule has 0 N–H and O–H groups in total. The third-order valence-corrected chi connectivity index (χ3v) is 5.72. The van der Waals surface area contributed by atoms with Crippen LogP contribution in [-0.2, 0) is 16.0 Å². The Labute approximate surface area is 195 Å². The molecule has 174 valence electrons. The first-order valence-electron chi connectivity index (χ1n) is 10.7. The standard InChI is InChI=1S/C26H22F2N2O4/c1-34-22-11-5-17(6-12-22)13-14-29(25(32)18-3-2-4-20(28)15-18)23-16-24(31)30(26(23)33)21-9-7-19(27)8-10-21/h2-12,15,23H,13-14,16H2,1H3/t23-/m0/s1. The number of anilines is 1. The minimum absolute atomic E-state index is 0.0789. The maximum Gasteiger partial charge on any atom is 0.257 e. The highest BCUT2D eigenvalue weighted by atomic mass is 19.1. The SMILES string of the molecule is COc1ccc(CCN(C(=O)c2cccc(F)c2)[C@H]2CC(=O)N(c3ccc(F)cc3)C2=O)cc1. The average molecular weight is 464 g/mol. The Hall–Kier alpha value is -4.07. The fraction of sp³-hybridized carbons (Fsp3) is 0.192. The van der Waals surface area contributed by atoms with Crippen LogP contribution in [-0.4, -0.2) is 42.3 Å². The van der Waals surface area contributed by atoms with Crippen molar-refractivity contribution in [3.63, 3.8) is 0 Å². The Morgan fingerprint density at radius 2 is 1.71 bits per heavy atom. The maximum absolute atomic E-state index is 13.8. The Morgan fingerprint density at radius 3 is 2.35 bits per heavy atom. The van der Waals surface area contributed by atoms with Gasteiger partial charge in [-0.1, -0.05) is 18.2 Å². The van der Waals surface area contributed by atoms with E-state index in [-0.39, 0.29) is 24.2 Å². The maximum atomic E-state index is 13.8. The minimum Gasteiger partial charge on any atom is -0.497 e. The van der Waals surface area contributed by atoms with E-state index in [1.165, 1.54) is 35.2 Å². The molecule has 3 aromatic carbocycles. The average Bonchev–Trinajstić information content (AvgIpc) is 3.13. The lowest BCUT2D eigenvalue weighted by Crippen LogP contribution is -2.46. The largest absolute Gasteiger partial charge is 0.497 e. The minimum atomic E-state index is -1.06. The third kappa shape index (κ3) is 4.80. The second kappa shape index (κ2) is 9.82. The van der Waals surface area contributed by atoms with Gasteiger partial charge in [0.15, 0.2) is 0 Å². The molecule has 1 aliphatic rings. The number of methoxy groups -OCH3 is 1. The van der Waals surface area contributed by atoms with Crippen molar-refractivity contribution < 1.29 is 27.9 Å². The molecule has 1 atom stereocenters. The van der Waals surface area contributed by atoms with Gasteiger partial charge in [0.05, 0.1) is 19.2 Å². The van der Waals surface area contributed by atoms with E-state index < -0.39 is 35.4 Å². The van der Waals surface area contributed by atoms with Crippen LogP contribution in [0.5, 0.6) is 5.75 Å². The fourth-order valence-corrected chi connectivity index (χ4v) is 3.95. The zero-order chi connectivity index (χ0) is 24.2. The molecule has 3 aromatic rings. The van der Waals surface area contributed by atoms with Crippen molar-refractivity contribution in [2.24, 2.45) is 0 Å². The van der Waals surface area contributed by atoms with Crippen LogP contribution in [0.2, 0.25) is 0 Å². The molecule has 34 heavy (non-hydrogen) atoms. The van der Waals surface area contributed by atoms with Crippen molar-refractivity contribution >= 4 is 23.4 Å². The number of carbonyl (C=O) groups is 3. The molecule has 1 saturated heterocycles. The molecule has 6 nitrogen and oxygen atoms in total. The predicted octanol–water partition coefficient (Wildman–Crippen LogP) is 3.99. The number of benzene rings is 3. The summed E-state index contributed by atoms with van der Waals surface area (Å²) >= 11 is 0. The smallest absolute Gasteiger partial charge is 0.257 e. The molecule has 1 aliphatic heterocycles. The topological polar surface area (TPSA) is 66.9 Å². The van der Waals surface area contributed by atoms with Crippen LogP contribution in [0, 0.1) is 11.6 Å². The summed E-state index contributed by atoms with van der Waals surface area (Å²) in [5, 5.41) is 0. The van der Waals surface area contributed by atoms with Gasteiger partial charge in [-0.25, -0.2) is 13.7 Å². The van der Waals surface area contributed by atoms with Gasteiger partial charge in [0.1, 0.15) is 23.4 Å². The van der Waals surface area contributed by atoms with Gasteiger partial charge in [-0.2, -0.15) is 0 Å². The first-order chi connectivity index (χ1) is 16.4. The highest BCUT2D eigenvalue weighted by molar-refractivity contribution is 6.23. The molecule has 0 aromatic heterocycles. The molecular weight excluding hydrogens is 442 g/mol. The van der Waals surface area contributed by atoms with Gasteiger partial charge in [-0.3, -0.25) is 14.4 Å². The third-order valence-electron chi connectivity index (χ3n) is 5.72. The molecule has 0 radical (unpaired) electrons. The molecule has 8 heteroatoms. The molecule has 0 bridgehead atoms. The summed E-state index contributed by atoms with van der Waals surface area (Å²) in [5.74, 6) is -2.04. The first-order valence-corrected chi connectivity index (χ1v) is 10.7. The normalized spacial score (nSPS) is 15.5. The van der Waals surface area contributed by atoms with E-state index in [1.807, 2.05) is 12.1 Å². The van der Waals surface area contributed by atoms with Crippen molar-refractivity contribution in [3.05, 3.63) is 95.6 Å². The second-order valence-electron chi connectivity index (χ2n) is 7.87. The number of amides is 3. The predicted molar refractivity (Wildman–Crippen MR) is 121 cm³/mol. The Balaban J connectivity index is 1.62. The van der Waals surface area contributed by atoms with Crippen molar-refractivity contribution in [2.75, 3.05) is 18.6 Å². The molecule has 0 spiro atoms. The lowest BCUT2D eigenvalue weighted by molar-refractivity contribution is -0.122. The van der Waals surface area contributed by atoms with Crippen molar-refractivity contribution in [3.8, 4) is 5.75 Å². The summed E-state index contributed by atoms with van der Waals surface area (Å²) in [5.41, 5.74) is 1.20. The van der Waals surface area contributed by atoms with Crippen LogP contribution in [0.15, 0.2) is 72.8 Å². The van der Waals surface area contributed by atoms with Gasteiger partial charge in [0, 0.05) is 12.1 Å². The highest BCUT2D eigenvalue weighted by Crippen LogP contribution is 2.27. The summed E-state index contributed by atoms with van der Waals surface area (Å²) in [6, 6.07) is 16.4. The molecule has 1 fully saturated rings. The Morgan fingerprint density at radius 1 is 1.00 bits per heavy atom. The van der Waals surface area contributed by atoms with Gasteiger partial charge in [-0.15, -0.1) is 0 Å². The molecule has 0 aliphatic carbocycles. The van der Waals surface area contributed by atoms with Crippen LogP contribution < -0.4 is 9.64 Å². The van der Waals surface area contributed by atoms with E-state index in [0.29, 0.717) is 12.2 Å². The summed E-state index contributed by atoms with van der Waals surface area (Å²) < 4.78 is 32.3. The zero-order valence-corrected chi connectivity index (χ0v) is 18.4. The van der Waals surface area contributed by atoms with E-state index in [0.717, 1.165) is 28.7 Å². The zero-order valence-electron chi connectivity index (χ0n) is 18.4. The number of hydrogen-bond acceptors (Lipinski definition) is 4. The number of rotatable bonds is 7. The lowest BCUT2D eigenvalue weighted by atomic mass is 10.1. The molecule has 4 rings (SSSR count). The van der Waals surface area contributed by atoms with Crippen molar-refractivity contribution in [1.82, 2.24) is 4.90 Å². The summed E-state index contributed by atoms with van der Waals surface area (Å²) in [6.45, 7) is 0.128. The quantitative estimate of drug-likeness (QED) is 0.496. The van der Waals surface area contributed by atoms with Crippen LogP contribution in [0.4, 0.5) is 14.5 Å². The number of ether oxygens (including phenoxy) is 1. The lowest BCUT2D eigenvalue weighted by Gasteiger charge is -2.28. The molecule has 0 unspecified atom stereocenters. The molecule has 0 saturated carbocycles. The van der Waals surface area contributed by atoms with Crippen LogP contribution in [0.3, 0.4) is 0 Å². The van der Waals surface area contributed by atoms with Gasteiger partial charge in [-0.05, 0) is 66.6 Å². The van der Waals surface area contributed by atoms with Crippen molar-refractivity contribution in [2.45, 2.75) is 18.9 Å². The van der Waals surface area contributed by atoms with E-state index in [2.05, 4.69) is 0 Å². The highest BCUT2D eigenvalue weighted by Gasteiger charge is 2.44.